The van der Waals surface area contributed by atoms with Gasteiger partial charge in [0.05, 0.1) is 24.8 Å². The number of nitrogens with zero attached hydrogens (tertiary/aromatic N) is 2. The first-order valence-corrected chi connectivity index (χ1v) is 10.9. The second-order valence-corrected chi connectivity index (χ2v) is 8.81. The van der Waals surface area contributed by atoms with Crippen LogP contribution >= 0.6 is 0 Å². The van der Waals surface area contributed by atoms with Gasteiger partial charge in [-0.25, -0.2) is 8.42 Å². The van der Waals surface area contributed by atoms with Crippen LogP contribution in [0.2, 0.25) is 0 Å². The quantitative estimate of drug-likeness (QED) is 0.643. The Hall–Kier alpha value is -2.77. The Balaban J connectivity index is 1.56. The summed E-state index contributed by atoms with van der Waals surface area (Å²) in [6, 6.07) is 18.7. The summed E-state index contributed by atoms with van der Waals surface area (Å²) in [6.07, 6.45) is 0. The van der Waals surface area contributed by atoms with E-state index in [1.807, 2.05) is 48.5 Å². The predicted octanol–water partition coefficient (Wildman–Crippen LogP) is 3.37. The highest BCUT2D eigenvalue weighted by Gasteiger charge is 2.30. The number of ether oxygens (including phenoxy) is 2. The van der Waals surface area contributed by atoms with Crippen LogP contribution in [0.1, 0.15) is 0 Å². The third kappa shape index (κ3) is 3.63. The number of piperazine rings is 1. The van der Waals surface area contributed by atoms with Crippen LogP contribution in [0.5, 0.6) is 11.5 Å². The molecule has 6 nitrogen and oxygen atoms in total. The van der Waals surface area contributed by atoms with Gasteiger partial charge in [0.1, 0.15) is 11.5 Å². The zero-order valence-corrected chi connectivity index (χ0v) is 17.4. The smallest absolute Gasteiger partial charge is 0.243 e. The summed E-state index contributed by atoms with van der Waals surface area (Å²) in [5, 5.41) is 1.68. The maximum Gasteiger partial charge on any atom is 0.243 e. The van der Waals surface area contributed by atoms with Crippen LogP contribution in [0.3, 0.4) is 0 Å². The molecule has 3 aromatic carbocycles. The van der Waals surface area contributed by atoms with Gasteiger partial charge >= 0.3 is 0 Å². The van der Waals surface area contributed by atoms with Crippen LogP contribution in [0.25, 0.3) is 10.8 Å². The normalized spacial score (nSPS) is 15.4. The van der Waals surface area contributed by atoms with E-state index in [1.54, 1.807) is 30.7 Å². The van der Waals surface area contributed by atoms with Gasteiger partial charge in [-0.2, -0.15) is 4.31 Å². The minimum absolute atomic E-state index is 0.367. The molecule has 1 heterocycles. The Labute approximate surface area is 171 Å². The molecule has 1 aliphatic heterocycles. The number of rotatable bonds is 5. The molecule has 1 fully saturated rings. The maximum atomic E-state index is 13.3. The van der Waals surface area contributed by atoms with E-state index in [0.29, 0.717) is 31.1 Å². The third-order valence-electron chi connectivity index (χ3n) is 5.33. The number of hydrogen-bond acceptors (Lipinski definition) is 5. The molecule has 0 spiro atoms. The maximum absolute atomic E-state index is 13.3. The highest BCUT2D eigenvalue weighted by Crippen LogP contribution is 2.33. The number of benzene rings is 3. The number of hydrogen-bond donors (Lipinski definition) is 0. The molecule has 1 saturated heterocycles. The zero-order valence-electron chi connectivity index (χ0n) is 16.5. The van der Waals surface area contributed by atoms with Gasteiger partial charge in [-0.3, -0.25) is 0 Å². The van der Waals surface area contributed by atoms with Crippen LogP contribution in [0, 0.1) is 0 Å². The molecule has 0 bridgehead atoms. The van der Waals surface area contributed by atoms with Crippen molar-refractivity contribution in [2.45, 2.75) is 4.90 Å². The summed E-state index contributed by atoms with van der Waals surface area (Å²) < 4.78 is 39.0. The zero-order chi connectivity index (χ0) is 20.4. The molecule has 4 rings (SSSR count). The largest absolute Gasteiger partial charge is 0.497 e. The lowest BCUT2D eigenvalue weighted by Gasteiger charge is -2.36. The van der Waals surface area contributed by atoms with Gasteiger partial charge in [0.15, 0.2) is 0 Å². The number of fused-ring (bicyclic) bond motifs is 1. The summed E-state index contributed by atoms with van der Waals surface area (Å²) >= 11 is 0. The molecular formula is C22H24N2O4S. The predicted molar refractivity (Wildman–Crippen MR) is 114 cm³/mol. The van der Waals surface area contributed by atoms with Crippen molar-refractivity contribution in [1.82, 2.24) is 4.31 Å². The lowest BCUT2D eigenvalue weighted by atomic mass is 10.1. The molecule has 7 heteroatoms. The van der Waals surface area contributed by atoms with E-state index in [1.165, 1.54) is 0 Å². The van der Waals surface area contributed by atoms with Crippen LogP contribution in [-0.4, -0.2) is 53.1 Å². The van der Waals surface area contributed by atoms with Crippen molar-refractivity contribution in [2.24, 2.45) is 0 Å². The second-order valence-electron chi connectivity index (χ2n) is 6.91. The molecule has 0 aromatic heterocycles. The standard InChI is InChI=1S/C22H24N2O4S/c1-27-18-10-11-20(21(16-18)28-2)23-12-14-24(15-13-23)29(25,26)22-9-5-7-17-6-3-4-8-19(17)22/h3-11,16H,12-15H2,1-2H3. The number of sulfonamides is 1. The highest BCUT2D eigenvalue weighted by atomic mass is 32.2. The van der Waals surface area contributed by atoms with Crippen molar-refractivity contribution < 1.29 is 17.9 Å². The number of anilines is 1. The Bertz CT molecular complexity index is 1120. The molecule has 0 radical (unpaired) electrons. The summed E-state index contributed by atoms with van der Waals surface area (Å²) in [7, 11) is -0.324. The number of methoxy groups -OCH3 is 2. The minimum Gasteiger partial charge on any atom is -0.497 e. The lowest BCUT2D eigenvalue weighted by Crippen LogP contribution is -2.48. The van der Waals surface area contributed by atoms with Crippen molar-refractivity contribution in [2.75, 3.05) is 45.3 Å². The van der Waals surface area contributed by atoms with Gasteiger partial charge in [0.25, 0.3) is 0 Å². The van der Waals surface area contributed by atoms with Crippen molar-refractivity contribution in [3.8, 4) is 11.5 Å². The minimum atomic E-state index is -3.57. The van der Waals surface area contributed by atoms with Crippen LogP contribution < -0.4 is 14.4 Å². The van der Waals surface area contributed by atoms with Gasteiger partial charge < -0.3 is 14.4 Å². The Morgan fingerprint density at radius 3 is 2.28 bits per heavy atom. The Morgan fingerprint density at radius 1 is 0.828 bits per heavy atom. The highest BCUT2D eigenvalue weighted by molar-refractivity contribution is 7.89. The molecule has 0 amide bonds. The molecule has 152 valence electrons. The van der Waals surface area contributed by atoms with Gasteiger partial charge in [0, 0.05) is 37.6 Å². The first-order chi connectivity index (χ1) is 14.0. The average Bonchev–Trinajstić information content (AvgIpc) is 2.78. The van der Waals surface area contributed by atoms with E-state index >= 15 is 0 Å². The lowest BCUT2D eigenvalue weighted by molar-refractivity contribution is 0.375. The van der Waals surface area contributed by atoms with Crippen LogP contribution in [0.4, 0.5) is 5.69 Å². The molecule has 0 unspecified atom stereocenters. The molecule has 0 atom stereocenters. The first kappa shape index (κ1) is 19.5. The summed E-state index contributed by atoms with van der Waals surface area (Å²) in [5.74, 6) is 1.44. The van der Waals surface area contributed by atoms with Crippen LogP contribution in [-0.2, 0) is 10.0 Å². The first-order valence-electron chi connectivity index (χ1n) is 9.49. The molecule has 0 aliphatic carbocycles. The van der Waals surface area contributed by atoms with Gasteiger partial charge in [-0.15, -0.1) is 0 Å². The van der Waals surface area contributed by atoms with Crippen molar-refractivity contribution in [3.05, 3.63) is 60.7 Å². The van der Waals surface area contributed by atoms with E-state index < -0.39 is 10.0 Å². The van der Waals surface area contributed by atoms with E-state index in [2.05, 4.69) is 4.90 Å². The summed E-state index contributed by atoms with van der Waals surface area (Å²) in [5.41, 5.74) is 0.940. The average molecular weight is 413 g/mol. The third-order valence-corrected chi connectivity index (χ3v) is 7.29. The van der Waals surface area contributed by atoms with Crippen LogP contribution in [0.15, 0.2) is 65.6 Å². The van der Waals surface area contributed by atoms with Gasteiger partial charge in [-0.1, -0.05) is 36.4 Å². The molecule has 1 aliphatic rings. The molecular weight excluding hydrogens is 388 g/mol. The Morgan fingerprint density at radius 2 is 1.55 bits per heavy atom. The summed E-state index contributed by atoms with van der Waals surface area (Å²) in [4.78, 5) is 2.51. The van der Waals surface area contributed by atoms with E-state index in [9.17, 15) is 8.42 Å². The van der Waals surface area contributed by atoms with Crippen molar-refractivity contribution >= 4 is 26.5 Å². The topological polar surface area (TPSA) is 59.1 Å². The fourth-order valence-electron chi connectivity index (χ4n) is 3.78. The van der Waals surface area contributed by atoms with E-state index in [-0.39, 0.29) is 0 Å². The fourth-order valence-corrected chi connectivity index (χ4v) is 5.41. The van der Waals surface area contributed by atoms with Gasteiger partial charge in [-0.05, 0) is 23.6 Å². The SMILES string of the molecule is COc1ccc(N2CCN(S(=O)(=O)c3cccc4ccccc34)CC2)c(OC)c1. The fraction of sp³-hybridized carbons (Fsp3) is 0.273. The van der Waals surface area contributed by atoms with E-state index in [4.69, 9.17) is 9.47 Å². The second kappa shape index (κ2) is 7.93. The molecule has 29 heavy (non-hydrogen) atoms. The monoisotopic (exact) mass is 412 g/mol. The van der Waals surface area contributed by atoms with Gasteiger partial charge in [0.2, 0.25) is 10.0 Å². The van der Waals surface area contributed by atoms with E-state index in [0.717, 1.165) is 28.0 Å². The molecule has 0 saturated carbocycles. The van der Waals surface area contributed by atoms with Crippen molar-refractivity contribution in [3.63, 3.8) is 0 Å². The van der Waals surface area contributed by atoms with Crippen molar-refractivity contribution in [1.29, 1.82) is 0 Å². The Kier molecular flexibility index (Phi) is 5.34. The summed E-state index contributed by atoms with van der Waals surface area (Å²) in [6.45, 7) is 2.01. The molecule has 3 aromatic rings. The molecule has 0 N–H and O–H groups in total.